The van der Waals surface area contributed by atoms with E-state index in [-0.39, 0.29) is 11.7 Å². The topological polar surface area (TPSA) is 42.0 Å². The molecule has 0 unspecified atom stereocenters. The summed E-state index contributed by atoms with van der Waals surface area (Å²) in [7, 11) is 1.65. The zero-order valence-corrected chi connectivity index (χ0v) is 15.7. The molecule has 1 fully saturated rings. The molecule has 0 bridgehead atoms. The Bertz CT molecular complexity index is 758. The Morgan fingerprint density at radius 1 is 1.07 bits per heavy atom. The lowest BCUT2D eigenvalue weighted by Gasteiger charge is -2.37. The first-order valence-electron chi connectivity index (χ1n) is 9.21. The normalized spacial score (nSPS) is 15.4. The second kappa shape index (κ2) is 8.75. The van der Waals surface area contributed by atoms with Gasteiger partial charge in [0.05, 0.1) is 7.11 Å². The number of halogens is 1. The van der Waals surface area contributed by atoms with Crippen molar-refractivity contribution >= 4 is 11.6 Å². The van der Waals surface area contributed by atoms with Crippen molar-refractivity contribution in [1.29, 1.82) is 0 Å². The van der Waals surface area contributed by atoms with E-state index in [4.69, 9.17) is 9.47 Å². The molecule has 5 nitrogen and oxygen atoms in total. The second-order valence-electron chi connectivity index (χ2n) is 6.46. The predicted molar refractivity (Wildman–Crippen MR) is 103 cm³/mol. The van der Waals surface area contributed by atoms with Crippen molar-refractivity contribution in [3.63, 3.8) is 0 Å². The van der Waals surface area contributed by atoms with Crippen LogP contribution in [-0.2, 0) is 4.79 Å². The Kier molecular flexibility index (Phi) is 6.16. The maximum atomic E-state index is 13.8. The molecule has 0 N–H and O–H groups in total. The standard InChI is InChI=1S/C21H25FN2O3/c1-3-19(27-20-7-5-4-6-18(20)22)21(25)24-14-12-23(13-15-24)16-8-10-17(26-2)11-9-16/h4-11,19H,3,12-15H2,1-2H3/t19-/m0/s1. The maximum absolute atomic E-state index is 13.8. The highest BCUT2D eigenvalue weighted by Gasteiger charge is 2.28. The Morgan fingerprint density at radius 3 is 2.33 bits per heavy atom. The van der Waals surface area contributed by atoms with Crippen molar-refractivity contribution in [2.45, 2.75) is 19.4 Å². The van der Waals surface area contributed by atoms with Gasteiger partial charge in [0.25, 0.3) is 5.91 Å². The molecule has 0 aliphatic carbocycles. The third-order valence-corrected chi connectivity index (χ3v) is 4.78. The number of anilines is 1. The van der Waals surface area contributed by atoms with Crippen LogP contribution in [0.1, 0.15) is 13.3 Å². The summed E-state index contributed by atoms with van der Waals surface area (Å²) in [6.45, 7) is 4.59. The number of carbonyl (C=O) groups is 1. The zero-order valence-electron chi connectivity index (χ0n) is 15.7. The van der Waals surface area contributed by atoms with Crippen molar-refractivity contribution in [3.8, 4) is 11.5 Å². The molecular weight excluding hydrogens is 347 g/mol. The first-order chi connectivity index (χ1) is 13.1. The van der Waals surface area contributed by atoms with Crippen LogP contribution in [0, 0.1) is 5.82 Å². The molecule has 0 spiro atoms. The van der Waals surface area contributed by atoms with Gasteiger partial charge in [0.2, 0.25) is 0 Å². The third-order valence-electron chi connectivity index (χ3n) is 4.78. The number of carbonyl (C=O) groups excluding carboxylic acids is 1. The molecule has 1 aliphatic heterocycles. The summed E-state index contributed by atoms with van der Waals surface area (Å²) in [5, 5.41) is 0. The molecule has 0 aromatic heterocycles. The molecule has 0 saturated carbocycles. The Balaban J connectivity index is 1.58. The minimum absolute atomic E-state index is 0.0878. The molecule has 2 aromatic carbocycles. The van der Waals surface area contributed by atoms with Crippen LogP contribution in [0.2, 0.25) is 0 Å². The van der Waals surface area contributed by atoms with E-state index in [1.165, 1.54) is 6.07 Å². The second-order valence-corrected chi connectivity index (χ2v) is 6.46. The number of para-hydroxylation sites is 1. The van der Waals surface area contributed by atoms with Gasteiger partial charge in [0.1, 0.15) is 5.75 Å². The van der Waals surface area contributed by atoms with E-state index in [2.05, 4.69) is 4.90 Å². The fraction of sp³-hybridized carbons (Fsp3) is 0.381. The summed E-state index contributed by atoms with van der Waals surface area (Å²) in [4.78, 5) is 16.9. The summed E-state index contributed by atoms with van der Waals surface area (Å²) < 4.78 is 24.7. The summed E-state index contributed by atoms with van der Waals surface area (Å²) >= 11 is 0. The smallest absolute Gasteiger partial charge is 0.263 e. The van der Waals surface area contributed by atoms with Gasteiger partial charge in [-0.15, -0.1) is 0 Å². The minimum Gasteiger partial charge on any atom is -0.497 e. The van der Waals surface area contributed by atoms with Crippen LogP contribution in [0.3, 0.4) is 0 Å². The summed E-state index contributed by atoms with van der Waals surface area (Å²) in [5.74, 6) is 0.404. The van der Waals surface area contributed by atoms with E-state index in [0.29, 0.717) is 19.5 Å². The van der Waals surface area contributed by atoms with E-state index >= 15 is 0 Å². The van der Waals surface area contributed by atoms with Crippen LogP contribution < -0.4 is 14.4 Å². The van der Waals surface area contributed by atoms with Gasteiger partial charge in [-0.1, -0.05) is 19.1 Å². The highest BCUT2D eigenvalue weighted by molar-refractivity contribution is 5.81. The van der Waals surface area contributed by atoms with Gasteiger partial charge in [0.15, 0.2) is 17.7 Å². The van der Waals surface area contributed by atoms with Gasteiger partial charge in [0, 0.05) is 31.9 Å². The number of methoxy groups -OCH3 is 1. The molecule has 1 aliphatic rings. The van der Waals surface area contributed by atoms with Crippen molar-refractivity contribution in [2.24, 2.45) is 0 Å². The monoisotopic (exact) mass is 372 g/mol. The lowest BCUT2D eigenvalue weighted by molar-refractivity contribution is -0.139. The molecule has 1 heterocycles. The molecule has 0 radical (unpaired) electrons. The lowest BCUT2D eigenvalue weighted by Crippen LogP contribution is -2.52. The molecular formula is C21H25FN2O3. The van der Waals surface area contributed by atoms with Crippen LogP contribution in [0.25, 0.3) is 0 Å². The Morgan fingerprint density at radius 2 is 1.74 bits per heavy atom. The van der Waals surface area contributed by atoms with Crippen LogP contribution in [0.15, 0.2) is 48.5 Å². The van der Waals surface area contributed by atoms with Crippen LogP contribution in [0.4, 0.5) is 10.1 Å². The molecule has 1 saturated heterocycles. The number of piperazine rings is 1. The average Bonchev–Trinajstić information content (AvgIpc) is 2.73. The number of rotatable bonds is 6. The first kappa shape index (κ1) is 19.0. The number of hydrogen-bond donors (Lipinski definition) is 0. The summed E-state index contributed by atoms with van der Waals surface area (Å²) in [5.41, 5.74) is 1.11. The van der Waals surface area contributed by atoms with Crippen LogP contribution >= 0.6 is 0 Å². The van der Waals surface area contributed by atoms with E-state index in [9.17, 15) is 9.18 Å². The molecule has 27 heavy (non-hydrogen) atoms. The fourth-order valence-electron chi connectivity index (χ4n) is 3.18. The van der Waals surface area contributed by atoms with Gasteiger partial charge < -0.3 is 19.3 Å². The number of ether oxygens (including phenoxy) is 2. The first-order valence-corrected chi connectivity index (χ1v) is 9.21. The molecule has 2 aromatic rings. The molecule has 144 valence electrons. The number of nitrogens with zero attached hydrogens (tertiary/aromatic N) is 2. The minimum atomic E-state index is -0.672. The van der Waals surface area contributed by atoms with Crippen molar-refractivity contribution in [2.75, 3.05) is 38.2 Å². The lowest BCUT2D eigenvalue weighted by atomic mass is 10.2. The van der Waals surface area contributed by atoms with Gasteiger partial charge in [-0.2, -0.15) is 0 Å². The largest absolute Gasteiger partial charge is 0.497 e. The summed E-state index contributed by atoms with van der Waals surface area (Å²) in [6.07, 6.45) is -0.180. The number of benzene rings is 2. The number of amides is 1. The van der Waals surface area contributed by atoms with E-state index in [1.807, 2.05) is 31.2 Å². The highest BCUT2D eigenvalue weighted by Crippen LogP contribution is 2.22. The van der Waals surface area contributed by atoms with Crippen LogP contribution in [-0.4, -0.2) is 50.2 Å². The van der Waals surface area contributed by atoms with Gasteiger partial charge in [-0.25, -0.2) is 4.39 Å². The van der Waals surface area contributed by atoms with Crippen molar-refractivity contribution < 1.29 is 18.7 Å². The van der Waals surface area contributed by atoms with Gasteiger partial charge in [-0.3, -0.25) is 4.79 Å². The molecule has 3 rings (SSSR count). The Hall–Kier alpha value is -2.76. The van der Waals surface area contributed by atoms with Gasteiger partial charge in [-0.05, 0) is 42.8 Å². The Labute approximate surface area is 159 Å². The fourth-order valence-corrected chi connectivity index (χ4v) is 3.18. The molecule has 1 atom stereocenters. The predicted octanol–water partition coefficient (Wildman–Crippen LogP) is 3.34. The van der Waals surface area contributed by atoms with Crippen molar-refractivity contribution in [1.82, 2.24) is 4.90 Å². The highest BCUT2D eigenvalue weighted by atomic mass is 19.1. The summed E-state index contributed by atoms with van der Waals surface area (Å²) in [6, 6.07) is 14.1. The van der Waals surface area contributed by atoms with Crippen molar-refractivity contribution in [3.05, 3.63) is 54.3 Å². The molecule has 6 heteroatoms. The maximum Gasteiger partial charge on any atom is 0.263 e. The zero-order chi connectivity index (χ0) is 19.2. The quantitative estimate of drug-likeness (QED) is 0.780. The van der Waals surface area contributed by atoms with E-state index in [0.717, 1.165) is 24.5 Å². The van der Waals surface area contributed by atoms with Gasteiger partial charge >= 0.3 is 0 Å². The average molecular weight is 372 g/mol. The third kappa shape index (κ3) is 4.51. The number of hydrogen-bond acceptors (Lipinski definition) is 4. The SMILES string of the molecule is CC[C@H](Oc1ccccc1F)C(=O)N1CCN(c2ccc(OC)cc2)CC1. The molecule has 1 amide bonds. The van der Waals surface area contributed by atoms with E-state index < -0.39 is 11.9 Å². The van der Waals surface area contributed by atoms with E-state index in [1.54, 1.807) is 30.2 Å². The van der Waals surface area contributed by atoms with Crippen LogP contribution in [0.5, 0.6) is 11.5 Å².